The molecule has 0 heterocycles. The lowest BCUT2D eigenvalue weighted by Gasteiger charge is -2.07. The lowest BCUT2D eigenvalue weighted by Crippen LogP contribution is -2.06. The number of esters is 1. The molecule has 0 aliphatic rings. The van der Waals surface area contributed by atoms with Gasteiger partial charge in [0.05, 0.1) is 5.56 Å². The van der Waals surface area contributed by atoms with Gasteiger partial charge >= 0.3 is 12.1 Å². The first kappa shape index (κ1) is 14.5. The highest BCUT2D eigenvalue weighted by molar-refractivity contribution is 5.69. The Morgan fingerprint density at radius 2 is 1.81 bits per heavy atom. The van der Waals surface area contributed by atoms with Crippen molar-refractivity contribution in [3.8, 4) is 5.75 Å². The number of hydrogen-bond donors (Lipinski definition) is 0. The van der Waals surface area contributed by atoms with Gasteiger partial charge in [-0.3, -0.25) is 4.79 Å². The third-order valence-electron chi connectivity index (χ3n) is 1.42. The maximum absolute atomic E-state index is 12.2. The molecule has 16 heavy (non-hydrogen) atoms. The first-order valence-corrected chi connectivity index (χ1v) is 4.75. The van der Waals surface area contributed by atoms with Crippen LogP contribution in [0.2, 0.25) is 0 Å². The Bertz CT molecular complexity index is 345. The zero-order valence-electron chi connectivity index (χ0n) is 9.26. The molecule has 5 heteroatoms. The van der Waals surface area contributed by atoms with Crippen molar-refractivity contribution in [3.05, 3.63) is 29.8 Å². The fraction of sp³-hybridized carbons (Fsp3) is 0.364. The van der Waals surface area contributed by atoms with E-state index in [1.54, 1.807) is 0 Å². The summed E-state index contributed by atoms with van der Waals surface area (Å²) in [6.07, 6.45) is -4.42. The van der Waals surface area contributed by atoms with E-state index in [2.05, 4.69) is 4.74 Å². The topological polar surface area (TPSA) is 26.3 Å². The first-order valence-electron chi connectivity index (χ1n) is 4.75. The summed E-state index contributed by atoms with van der Waals surface area (Å²) in [6, 6.07) is 4.16. The smallest absolute Gasteiger partial charge is 0.416 e. The second-order valence-electron chi connectivity index (χ2n) is 2.62. The van der Waals surface area contributed by atoms with E-state index in [1.807, 2.05) is 13.8 Å². The molecule has 1 aromatic carbocycles. The normalized spacial score (nSPS) is 10.1. The molecule has 0 aromatic heterocycles. The van der Waals surface area contributed by atoms with Crippen LogP contribution in [0, 0.1) is 0 Å². The molecule has 1 aromatic rings. The zero-order valence-corrected chi connectivity index (χ0v) is 9.26. The molecule has 0 radical (unpaired) electrons. The molecule has 0 bridgehead atoms. The van der Waals surface area contributed by atoms with Crippen LogP contribution in [0.25, 0.3) is 0 Å². The van der Waals surface area contributed by atoms with Gasteiger partial charge in [-0.15, -0.1) is 0 Å². The van der Waals surface area contributed by atoms with Crippen LogP contribution in [-0.2, 0) is 11.0 Å². The van der Waals surface area contributed by atoms with Gasteiger partial charge in [0.25, 0.3) is 0 Å². The molecule has 0 atom stereocenters. The highest BCUT2D eigenvalue weighted by Crippen LogP contribution is 2.31. The van der Waals surface area contributed by atoms with E-state index in [9.17, 15) is 18.0 Å². The molecular weight excluding hydrogens is 221 g/mol. The Morgan fingerprint density at radius 1 is 1.25 bits per heavy atom. The Morgan fingerprint density at radius 3 is 2.25 bits per heavy atom. The predicted molar refractivity (Wildman–Crippen MR) is 54.1 cm³/mol. The molecule has 0 saturated carbocycles. The monoisotopic (exact) mass is 234 g/mol. The van der Waals surface area contributed by atoms with E-state index in [4.69, 9.17) is 0 Å². The van der Waals surface area contributed by atoms with E-state index in [1.165, 1.54) is 12.1 Å². The van der Waals surface area contributed by atoms with E-state index >= 15 is 0 Å². The van der Waals surface area contributed by atoms with E-state index < -0.39 is 17.7 Å². The molecule has 1 rings (SSSR count). The maximum atomic E-state index is 12.2. The van der Waals surface area contributed by atoms with Crippen LogP contribution in [0.1, 0.15) is 26.3 Å². The van der Waals surface area contributed by atoms with Gasteiger partial charge in [-0.1, -0.05) is 19.9 Å². The van der Waals surface area contributed by atoms with Gasteiger partial charge in [0.2, 0.25) is 0 Å². The second kappa shape index (κ2) is 6.15. The van der Waals surface area contributed by atoms with Crippen molar-refractivity contribution in [1.29, 1.82) is 0 Å². The van der Waals surface area contributed by atoms with Crippen molar-refractivity contribution < 1.29 is 22.7 Å². The molecule has 0 aliphatic carbocycles. The fourth-order valence-corrected chi connectivity index (χ4v) is 0.902. The van der Waals surface area contributed by atoms with Crippen molar-refractivity contribution in [1.82, 2.24) is 0 Å². The Labute approximate surface area is 92.0 Å². The summed E-state index contributed by atoms with van der Waals surface area (Å²) in [5, 5.41) is 0. The van der Waals surface area contributed by atoms with Gasteiger partial charge in [0.15, 0.2) is 0 Å². The minimum absolute atomic E-state index is 0.104. The third-order valence-corrected chi connectivity index (χ3v) is 1.42. The molecule has 0 aliphatic heterocycles. The van der Waals surface area contributed by atoms with Gasteiger partial charge in [0, 0.05) is 6.92 Å². The summed E-state index contributed by atoms with van der Waals surface area (Å²) < 4.78 is 41.0. The minimum Gasteiger partial charge on any atom is -0.427 e. The van der Waals surface area contributed by atoms with Crippen molar-refractivity contribution in [2.24, 2.45) is 0 Å². The van der Waals surface area contributed by atoms with Gasteiger partial charge in [-0.2, -0.15) is 13.2 Å². The third kappa shape index (κ3) is 4.82. The lowest BCUT2D eigenvalue weighted by molar-refractivity contribution is -0.138. The number of rotatable bonds is 1. The van der Waals surface area contributed by atoms with Gasteiger partial charge in [0.1, 0.15) is 5.75 Å². The number of carbonyl (C=O) groups excluding carboxylic acids is 1. The summed E-state index contributed by atoms with van der Waals surface area (Å²) >= 11 is 0. The summed E-state index contributed by atoms with van der Waals surface area (Å²) in [5.74, 6) is -0.753. The lowest BCUT2D eigenvalue weighted by atomic mass is 10.2. The van der Waals surface area contributed by atoms with Crippen LogP contribution < -0.4 is 4.74 Å². The van der Waals surface area contributed by atoms with Crippen LogP contribution in [0.15, 0.2) is 24.3 Å². The minimum atomic E-state index is -4.42. The Kier molecular flexibility index (Phi) is 5.56. The average molecular weight is 234 g/mol. The molecule has 90 valence electrons. The summed E-state index contributed by atoms with van der Waals surface area (Å²) in [7, 11) is 0. The van der Waals surface area contributed by atoms with Gasteiger partial charge in [-0.05, 0) is 18.2 Å². The average Bonchev–Trinajstić information content (AvgIpc) is 2.19. The van der Waals surface area contributed by atoms with Crippen molar-refractivity contribution in [2.75, 3.05) is 0 Å². The molecule has 0 saturated heterocycles. The van der Waals surface area contributed by atoms with Crippen LogP contribution in [0.5, 0.6) is 5.75 Å². The summed E-state index contributed by atoms with van der Waals surface area (Å²) in [5.41, 5.74) is -0.837. The molecule has 2 nitrogen and oxygen atoms in total. The van der Waals surface area contributed by atoms with Crippen LogP contribution in [0.4, 0.5) is 13.2 Å². The molecule has 0 fully saturated rings. The van der Waals surface area contributed by atoms with Gasteiger partial charge < -0.3 is 4.74 Å². The largest absolute Gasteiger partial charge is 0.427 e. The highest BCUT2D eigenvalue weighted by Gasteiger charge is 2.30. The van der Waals surface area contributed by atoms with E-state index in [-0.39, 0.29) is 5.75 Å². The molecule has 0 spiro atoms. The van der Waals surface area contributed by atoms with E-state index in [0.29, 0.717) is 0 Å². The number of ether oxygens (including phenoxy) is 1. The molecule has 0 N–H and O–H groups in total. The molecular formula is C11H13F3O2. The van der Waals surface area contributed by atoms with Crippen LogP contribution in [-0.4, -0.2) is 5.97 Å². The number of alkyl halides is 3. The molecule has 0 unspecified atom stereocenters. The summed E-state index contributed by atoms with van der Waals surface area (Å²) in [4.78, 5) is 10.5. The first-order chi connectivity index (χ1) is 7.39. The highest BCUT2D eigenvalue weighted by atomic mass is 19.4. The zero-order chi connectivity index (χ0) is 12.8. The molecule has 0 amide bonds. The van der Waals surface area contributed by atoms with Crippen molar-refractivity contribution >= 4 is 5.97 Å². The van der Waals surface area contributed by atoms with Gasteiger partial charge in [-0.25, -0.2) is 0 Å². The quantitative estimate of drug-likeness (QED) is 0.547. The van der Waals surface area contributed by atoms with Crippen LogP contribution >= 0.6 is 0 Å². The standard InChI is InChI=1S/C9H7F3O2.C2H6/c1-6(13)14-8-4-2-3-7(5-8)9(10,11)12;1-2/h2-5H,1H3;1-2H3. The Balaban J connectivity index is 0.00000106. The SMILES string of the molecule is CC.CC(=O)Oc1cccc(C(F)(F)F)c1. The number of hydrogen-bond acceptors (Lipinski definition) is 2. The number of benzene rings is 1. The number of carbonyl (C=O) groups is 1. The van der Waals surface area contributed by atoms with Crippen molar-refractivity contribution in [3.63, 3.8) is 0 Å². The van der Waals surface area contributed by atoms with Crippen molar-refractivity contribution in [2.45, 2.75) is 26.9 Å². The second-order valence-corrected chi connectivity index (χ2v) is 2.62. The maximum Gasteiger partial charge on any atom is 0.416 e. The number of halogens is 3. The van der Waals surface area contributed by atoms with E-state index in [0.717, 1.165) is 19.1 Å². The van der Waals surface area contributed by atoms with Crippen LogP contribution in [0.3, 0.4) is 0 Å². The summed E-state index contributed by atoms with van der Waals surface area (Å²) in [6.45, 7) is 5.13. The Hall–Kier alpha value is -1.52. The fourth-order valence-electron chi connectivity index (χ4n) is 0.902. The predicted octanol–water partition coefficient (Wildman–Crippen LogP) is 3.66.